The summed E-state index contributed by atoms with van der Waals surface area (Å²) >= 11 is 0. The maximum Gasteiger partial charge on any atom is 0.254 e. The van der Waals surface area contributed by atoms with E-state index in [4.69, 9.17) is 9.47 Å². The van der Waals surface area contributed by atoms with E-state index in [1.54, 1.807) is 53.4 Å². The van der Waals surface area contributed by atoms with E-state index in [2.05, 4.69) is 16.0 Å². The van der Waals surface area contributed by atoms with Crippen molar-refractivity contribution in [1.82, 2.24) is 25.8 Å². The highest BCUT2D eigenvalue weighted by atomic mass is 19.1. The molecule has 5 amide bonds. The summed E-state index contributed by atoms with van der Waals surface area (Å²) in [6.07, 6.45) is 1.74. The van der Waals surface area contributed by atoms with Crippen molar-refractivity contribution in [2.24, 2.45) is 5.92 Å². The number of nitrogens with one attached hydrogen (secondary N) is 3. The monoisotopic (exact) mass is 701 g/mol. The number of carbonyl (C=O) groups is 5. The Balaban J connectivity index is 1.35. The third-order valence-corrected chi connectivity index (χ3v) is 9.28. The Morgan fingerprint density at radius 3 is 2.22 bits per heavy atom. The molecule has 0 unspecified atom stereocenters. The van der Waals surface area contributed by atoms with Gasteiger partial charge in [0, 0.05) is 43.7 Å². The Labute approximate surface area is 296 Å². The van der Waals surface area contributed by atoms with Crippen molar-refractivity contribution in [3.05, 3.63) is 94.8 Å². The molecule has 2 bridgehead atoms. The first-order valence-electron chi connectivity index (χ1n) is 17.1. The molecule has 0 saturated carbocycles. The number of carbonyl (C=O) groups excluding carboxylic acids is 5. The van der Waals surface area contributed by atoms with Gasteiger partial charge >= 0.3 is 0 Å². The molecule has 3 aromatic rings. The van der Waals surface area contributed by atoms with Crippen LogP contribution in [0.5, 0.6) is 11.5 Å². The minimum atomic E-state index is -1.04. The van der Waals surface area contributed by atoms with Crippen molar-refractivity contribution in [2.45, 2.75) is 44.7 Å². The van der Waals surface area contributed by atoms with E-state index in [0.29, 0.717) is 73.5 Å². The molecule has 2 heterocycles. The second-order valence-electron chi connectivity index (χ2n) is 12.8. The number of hydrogen-bond acceptors (Lipinski definition) is 7. The molecule has 2 aliphatic heterocycles. The average Bonchev–Trinajstić information content (AvgIpc) is 3.15. The lowest BCUT2D eigenvalue weighted by atomic mass is 9.94. The molecule has 13 heteroatoms. The van der Waals surface area contributed by atoms with Crippen LogP contribution in [0.3, 0.4) is 0 Å². The highest BCUT2D eigenvalue weighted by molar-refractivity contribution is 5.98. The molecular weight excluding hydrogens is 657 g/mol. The van der Waals surface area contributed by atoms with Gasteiger partial charge in [0.2, 0.25) is 17.7 Å². The van der Waals surface area contributed by atoms with Gasteiger partial charge in [-0.05, 0) is 68.0 Å². The number of hydrogen-bond donors (Lipinski definition) is 3. The third kappa shape index (κ3) is 9.41. The lowest BCUT2D eigenvalue weighted by Gasteiger charge is -2.35. The van der Waals surface area contributed by atoms with Crippen molar-refractivity contribution in [3.8, 4) is 11.5 Å². The van der Waals surface area contributed by atoms with Crippen molar-refractivity contribution in [2.75, 3.05) is 46.9 Å². The molecule has 2 aliphatic rings. The van der Waals surface area contributed by atoms with E-state index >= 15 is 0 Å². The van der Waals surface area contributed by atoms with E-state index in [1.807, 2.05) is 6.07 Å². The number of likely N-dealkylation sites (tertiary alicyclic amines) is 1. The van der Waals surface area contributed by atoms with E-state index in [9.17, 15) is 28.4 Å². The normalized spacial score (nSPS) is 19.6. The molecule has 0 radical (unpaired) electrons. The van der Waals surface area contributed by atoms with Gasteiger partial charge in [0.15, 0.2) is 0 Å². The maximum absolute atomic E-state index is 14.6. The minimum absolute atomic E-state index is 0.0270. The lowest BCUT2D eigenvalue weighted by molar-refractivity contribution is -0.141. The van der Waals surface area contributed by atoms with Crippen LogP contribution < -0.4 is 25.4 Å². The Bertz CT molecular complexity index is 1720. The fourth-order valence-corrected chi connectivity index (χ4v) is 6.36. The molecule has 3 aromatic carbocycles. The first kappa shape index (κ1) is 36.8. The summed E-state index contributed by atoms with van der Waals surface area (Å²) < 4.78 is 25.3. The van der Waals surface area contributed by atoms with Gasteiger partial charge in [-0.2, -0.15) is 0 Å². The Hall–Kier alpha value is -5.46. The largest absolute Gasteiger partial charge is 0.497 e. The molecule has 1 fully saturated rings. The number of piperidine rings is 1. The zero-order chi connectivity index (χ0) is 36.5. The predicted molar refractivity (Wildman–Crippen MR) is 187 cm³/mol. The molecule has 5 rings (SSSR count). The van der Waals surface area contributed by atoms with Gasteiger partial charge in [-0.3, -0.25) is 24.0 Å². The van der Waals surface area contributed by atoms with Crippen molar-refractivity contribution in [1.29, 1.82) is 0 Å². The number of aryl methyl sites for hydroxylation is 1. The van der Waals surface area contributed by atoms with E-state index in [0.717, 1.165) is 0 Å². The van der Waals surface area contributed by atoms with Crippen molar-refractivity contribution >= 4 is 29.5 Å². The molecule has 3 N–H and O–H groups in total. The maximum atomic E-state index is 14.6. The van der Waals surface area contributed by atoms with Crippen LogP contribution in [0, 0.1) is 11.7 Å². The van der Waals surface area contributed by atoms with Crippen LogP contribution in [-0.4, -0.2) is 92.3 Å². The number of amides is 5. The number of methoxy groups -OCH3 is 2. The fraction of sp³-hybridized carbons (Fsp3) is 0.395. The van der Waals surface area contributed by atoms with Crippen molar-refractivity contribution in [3.63, 3.8) is 0 Å². The van der Waals surface area contributed by atoms with Gasteiger partial charge in [-0.1, -0.05) is 36.4 Å². The summed E-state index contributed by atoms with van der Waals surface area (Å²) in [5, 5.41) is 8.40. The zero-order valence-electron chi connectivity index (χ0n) is 29.1. The van der Waals surface area contributed by atoms with Crippen molar-refractivity contribution < 1.29 is 37.8 Å². The van der Waals surface area contributed by atoms with Crippen LogP contribution in [0.1, 0.15) is 64.1 Å². The predicted octanol–water partition coefficient (Wildman–Crippen LogP) is 3.26. The summed E-state index contributed by atoms with van der Waals surface area (Å²) in [4.78, 5) is 70.6. The summed E-state index contributed by atoms with van der Waals surface area (Å²) in [7, 11) is 3.02. The van der Waals surface area contributed by atoms with E-state index < -0.39 is 35.6 Å². The zero-order valence-corrected chi connectivity index (χ0v) is 29.1. The van der Waals surface area contributed by atoms with Gasteiger partial charge in [0.25, 0.3) is 11.8 Å². The van der Waals surface area contributed by atoms with Crippen LogP contribution in [0.25, 0.3) is 0 Å². The molecule has 0 spiro atoms. The lowest BCUT2D eigenvalue weighted by Crippen LogP contribution is -2.51. The highest BCUT2D eigenvalue weighted by Gasteiger charge is 2.34. The SMILES string of the molecule is COc1cc(OC)cc(C(=O)N2CCC(C(=O)N3CC(=O)NCCCc4ccc(F)c(c4)C(=O)N[C@H](C)C(=O)N[C@@H](c4ccccc4)C3)CC2)c1. The van der Waals surface area contributed by atoms with E-state index in [-0.39, 0.29) is 36.4 Å². The standard InChI is InChI=1S/C38H44FN5O7/c1-24-35(46)42-33(26-9-5-4-6-10-26)22-44(23-34(45)40-15-7-8-25-11-12-32(39)31(18-25)36(47)41-24)37(48)27-13-16-43(17-14-27)38(49)28-19-29(50-2)21-30(20-28)51-3/h4-6,9-12,18-21,24,27,33H,7-8,13-17,22-23H2,1-3H3,(H,40,45)(H,41,47)(H,42,46)/t24-,33-/m1/s1. The Morgan fingerprint density at radius 2 is 1.55 bits per heavy atom. The molecular formula is C38H44FN5O7. The summed E-state index contributed by atoms with van der Waals surface area (Å²) in [5.41, 5.74) is 1.63. The Kier molecular flexibility index (Phi) is 12.2. The summed E-state index contributed by atoms with van der Waals surface area (Å²) in [5.74, 6) is -2.30. The molecule has 270 valence electrons. The van der Waals surface area contributed by atoms with Gasteiger partial charge in [-0.15, -0.1) is 0 Å². The number of fused-ring (bicyclic) bond motifs is 2. The third-order valence-electron chi connectivity index (χ3n) is 9.28. The molecule has 0 aliphatic carbocycles. The quantitative estimate of drug-likeness (QED) is 0.370. The van der Waals surface area contributed by atoms with Crippen LogP contribution in [-0.2, 0) is 20.8 Å². The Morgan fingerprint density at radius 1 is 0.863 bits per heavy atom. The number of rotatable bonds is 5. The smallest absolute Gasteiger partial charge is 0.254 e. The molecule has 1 saturated heterocycles. The number of benzene rings is 3. The van der Waals surface area contributed by atoms with Gasteiger partial charge in [0.1, 0.15) is 23.4 Å². The van der Waals surface area contributed by atoms with Gasteiger partial charge < -0.3 is 35.2 Å². The van der Waals surface area contributed by atoms with E-state index in [1.165, 1.54) is 38.2 Å². The molecule has 2 atom stereocenters. The average molecular weight is 702 g/mol. The van der Waals surface area contributed by atoms with Gasteiger partial charge in [-0.25, -0.2) is 4.39 Å². The van der Waals surface area contributed by atoms with Crippen LogP contribution >= 0.6 is 0 Å². The minimum Gasteiger partial charge on any atom is -0.497 e. The molecule has 51 heavy (non-hydrogen) atoms. The fourth-order valence-electron chi connectivity index (χ4n) is 6.36. The first-order chi connectivity index (χ1) is 24.6. The topological polar surface area (TPSA) is 146 Å². The first-order valence-corrected chi connectivity index (χ1v) is 17.1. The highest BCUT2D eigenvalue weighted by Crippen LogP contribution is 2.27. The second kappa shape index (κ2) is 17.0. The number of ether oxygens (including phenoxy) is 2. The second-order valence-corrected chi connectivity index (χ2v) is 12.8. The number of halogens is 1. The molecule has 12 nitrogen and oxygen atoms in total. The summed E-state index contributed by atoms with van der Waals surface area (Å²) in [6, 6.07) is 16.5. The van der Waals surface area contributed by atoms with Crippen LogP contribution in [0.15, 0.2) is 66.7 Å². The number of nitrogens with zero attached hydrogens (tertiary/aromatic N) is 2. The van der Waals surface area contributed by atoms with Crippen LogP contribution in [0.2, 0.25) is 0 Å². The van der Waals surface area contributed by atoms with Crippen LogP contribution in [0.4, 0.5) is 4.39 Å². The van der Waals surface area contributed by atoms with Gasteiger partial charge in [0.05, 0.1) is 32.4 Å². The summed E-state index contributed by atoms with van der Waals surface area (Å²) in [6.45, 7) is 2.18. The molecule has 0 aromatic heterocycles.